The van der Waals surface area contributed by atoms with Gasteiger partial charge < -0.3 is 10.2 Å². The van der Waals surface area contributed by atoms with E-state index >= 15 is 0 Å². The second-order valence-corrected chi connectivity index (χ2v) is 6.79. The van der Waals surface area contributed by atoms with Crippen LogP contribution >= 0.6 is 0 Å². The summed E-state index contributed by atoms with van der Waals surface area (Å²) in [6.45, 7) is 0.838. The molecule has 0 saturated heterocycles. The molecule has 0 aliphatic heterocycles. The van der Waals surface area contributed by atoms with Crippen LogP contribution in [0.4, 0.5) is 0 Å². The van der Waals surface area contributed by atoms with Gasteiger partial charge in [0.1, 0.15) is 0 Å². The van der Waals surface area contributed by atoms with E-state index in [1.807, 2.05) is 18.2 Å². The number of aliphatic hydroxyl groups is 2. The Balaban J connectivity index is 0.000000383. The van der Waals surface area contributed by atoms with Gasteiger partial charge in [-0.05, 0) is 35.3 Å². The number of hydrogen-bond donors (Lipinski definition) is 2. The van der Waals surface area contributed by atoms with Crippen molar-refractivity contribution in [2.24, 2.45) is 0 Å². The fourth-order valence-corrected chi connectivity index (χ4v) is 1.89. The Bertz CT molecular complexity index is 765. The molecule has 0 fully saturated rings. The number of aliphatic hydroxyl groups excluding tert-OH is 2. The number of benzene rings is 2. The molecule has 1 unspecified atom stereocenters. The zero-order valence-corrected chi connectivity index (χ0v) is 13.5. The van der Waals surface area contributed by atoms with Crippen LogP contribution in [0.3, 0.4) is 0 Å². The molecule has 6 nitrogen and oxygen atoms in total. The van der Waals surface area contributed by atoms with Gasteiger partial charge in [0.25, 0.3) is 0 Å². The standard InChI is InChI=1S/C14H15O2.4O.Os/c15-10-13(16)9-8-12-6-3-5-11-4-1-2-7-14(11)12;;;;;/h1-7,10,13,15-16H,8-9H2;;;;;/q-1;;;;;. The van der Waals surface area contributed by atoms with Gasteiger partial charge >= 0.3 is 29.0 Å². The van der Waals surface area contributed by atoms with E-state index in [0.717, 1.165) is 13.0 Å². The van der Waals surface area contributed by atoms with E-state index in [0.29, 0.717) is 6.42 Å². The Morgan fingerprint density at radius 2 is 1.57 bits per heavy atom. The number of rotatable bonds is 4. The first-order valence-electron chi connectivity index (χ1n) is 6.01. The molecular weight excluding hydrogens is 454 g/mol. The number of aryl methyl sites for hydroxylation is 1. The molecule has 0 heterocycles. The molecule has 0 aliphatic rings. The first-order valence-corrected chi connectivity index (χ1v) is 10.2. The van der Waals surface area contributed by atoms with Gasteiger partial charge in [-0.2, -0.15) is 6.61 Å². The van der Waals surface area contributed by atoms with Gasteiger partial charge in [-0.15, -0.1) is 0 Å². The number of fused-ring (bicyclic) bond motifs is 1. The summed E-state index contributed by atoms with van der Waals surface area (Å²) in [6, 6.07) is 14.3. The average Bonchev–Trinajstić information content (AvgIpc) is 2.43. The van der Waals surface area contributed by atoms with Crippen molar-refractivity contribution in [1.29, 1.82) is 0 Å². The summed E-state index contributed by atoms with van der Waals surface area (Å²) in [5.41, 5.74) is 1.21. The molecular formula is C14H15O6Os-. The van der Waals surface area contributed by atoms with Crippen molar-refractivity contribution >= 4 is 10.8 Å². The van der Waals surface area contributed by atoms with Crippen molar-refractivity contribution in [2.75, 3.05) is 0 Å². The van der Waals surface area contributed by atoms with Crippen LogP contribution in [0.5, 0.6) is 0 Å². The van der Waals surface area contributed by atoms with Gasteiger partial charge in [-0.3, -0.25) is 0 Å². The van der Waals surface area contributed by atoms with E-state index in [1.54, 1.807) is 0 Å². The Morgan fingerprint density at radius 1 is 1.00 bits per heavy atom. The van der Waals surface area contributed by atoms with Gasteiger partial charge in [0.15, 0.2) is 0 Å². The second kappa shape index (κ2) is 8.04. The van der Waals surface area contributed by atoms with E-state index < -0.39 is 20.9 Å². The number of hydrogen-bond acceptors (Lipinski definition) is 6. The van der Waals surface area contributed by atoms with E-state index in [9.17, 15) is 5.11 Å². The third kappa shape index (κ3) is 7.14. The van der Waals surface area contributed by atoms with E-state index in [4.69, 9.17) is 19.3 Å². The maximum absolute atomic E-state index is 9.29. The molecule has 0 bridgehead atoms. The first-order chi connectivity index (χ1) is 9.81. The van der Waals surface area contributed by atoms with Crippen LogP contribution in [0.15, 0.2) is 42.5 Å². The van der Waals surface area contributed by atoms with Crippen LogP contribution in [-0.4, -0.2) is 16.3 Å². The van der Waals surface area contributed by atoms with Gasteiger partial charge in [-0.1, -0.05) is 42.5 Å². The molecule has 2 rings (SSSR count). The van der Waals surface area contributed by atoms with Crippen LogP contribution in [0.25, 0.3) is 10.8 Å². The SMILES string of the molecule is O[CH-]C(O)CCc1cccc2ccccc12.[O]=[Os](=[O])(=[O])=[O]. The minimum absolute atomic E-state index is 0.546. The monoisotopic (exact) mass is 471 g/mol. The quantitative estimate of drug-likeness (QED) is 0.665. The Morgan fingerprint density at radius 3 is 2.19 bits per heavy atom. The Kier molecular flexibility index (Phi) is 6.70. The predicted molar refractivity (Wildman–Crippen MR) is 67.3 cm³/mol. The minimum atomic E-state index is -6.06. The Hall–Kier alpha value is -1.54. The molecule has 0 amide bonds. The van der Waals surface area contributed by atoms with Crippen LogP contribution in [0.1, 0.15) is 12.0 Å². The molecule has 2 aromatic rings. The van der Waals surface area contributed by atoms with Crippen molar-refractivity contribution in [1.82, 2.24) is 0 Å². The fraction of sp³-hybridized carbons (Fsp3) is 0.214. The van der Waals surface area contributed by atoms with Crippen LogP contribution < -0.4 is 0 Å². The van der Waals surface area contributed by atoms with Crippen molar-refractivity contribution in [3.8, 4) is 0 Å². The molecule has 116 valence electrons. The zero-order valence-electron chi connectivity index (χ0n) is 11.0. The van der Waals surface area contributed by atoms with E-state index in [-0.39, 0.29) is 0 Å². The molecule has 2 aromatic carbocycles. The van der Waals surface area contributed by atoms with Crippen molar-refractivity contribution in [2.45, 2.75) is 18.9 Å². The van der Waals surface area contributed by atoms with E-state index in [1.165, 1.54) is 16.3 Å². The van der Waals surface area contributed by atoms with Crippen LogP contribution in [0, 0.1) is 6.61 Å². The molecule has 0 saturated carbocycles. The molecule has 0 spiro atoms. The van der Waals surface area contributed by atoms with Crippen molar-refractivity contribution < 1.29 is 39.2 Å². The summed E-state index contributed by atoms with van der Waals surface area (Å²) in [4.78, 5) is 0. The predicted octanol–water partition coefficient (Wildman–Crippen LogP) is 2.19. The zero-order chi connectivity index (χ0) is 15.9. The summed E-state index contributed by atoms with van der Waals surface area (Å²) in [5, 5.41) is 20.4. The second-order valence-electron chi connectivity index (χ2n) is 4.25. The average molecular weight is 469 g/mol. The molecule has 0 radical (unpaired) electrons. The molecule has 21 heavy (non-hydrogen) atoms. The van der Waals surface area contributed by atoms with Gasteiger partial charge in [-0.25, -0.2) is 0 Å². The third-order valence-corrected chi connectivity index (χ3v) is 2.76. The van der Waals surface area contributed by atoms with E-state index in [2.05, 4.69) is 24.3 Å². The summed E-state index contributed by atoms with van der Waals surface area (Å²) in [6.07, 6.45) is 0.573. The normalized spacial score (nSPS) is 12.5. The summed E-state index contributed by atoms with van der Waals surface area (Å²) < 4.78 is 34.5. The molecule has 0 aromatic heterocycles. The summed E-state index contributed by atoms with van der Waals surface area (Å²) in [7, 11) is 0. The van der Waals surface area contributed by atoms with Crippen molar-refractivity contribution in [3.63, 3.8) is 0 Å². The topological polar surface area (TPSA) is 109 Å². The molecule has 2 N–H and O–H groups in total. The molecule has 7 heteroatoms. The molecule has 1 atom stereocenters. The van der Waals surface area contributed by atoms with Gasteiger partial charge in [0, 0.05) is 0 Å². The van der Waals surface area contributed by atoms with Crippen LogP contribution in [-0.2, 0) is 35.4 Å². The maximum atomic E-state index is 9.29. The Labute approximate surface area is 124 Å². The fourth-order valence-electron chi connectivity index (χ4n) is 1.89. The van der Waals surface area contributed by atoms with Crippen LogP contribution in [0.2, 0.25) is 0 Å². The van der Waals surface area contributed by atoms with Crippen molar-refractivity contribution in [3.05, 3.63) is 54.6 Å². The summed E-state index contributed by atoms with van der Waals surface area (Å²) in [5.74, 6) is 0. The summed E-state index contributed by atoms with van der Waals surface area (Å²) >= 11 is -6.06. The first kappa shape index (κ1) is 17.5. The van der Waals surface area contributed by atoms with Gasteiger partial charge in [0.2, 0.25) is 0 Å². The molecule has 0 aliphatic carbocycles. The third-order valence-electron chi connectivity index (χ3n) is 2.76. The van der Waals surface area contributed by atoms with Gasteiger partial charge in [0.05, 0.1) is 0 Å².